The van der Waals surface area contributed by atoms with E-state index in [9.17, 15) is 9.90 Å². The first-order chi connectivity index (χ1) is 8.67. The van der Waals surface area contributed by atoms with Crippen molar-refractivity contribution in [1.29, 1.82) is 0 Å². The average molecular weight is 252 g/mol. The van der Waals surface area contributed by atoms with Gasteiger partial charge in [0.25, 0.3) is 0 Å². The molecule has 3 saturated carbocycles. The molecule has 0 spiro atoms. The van der Waals surface area contributed by atoms with Crippen molar-refractivity contribution in [3.8, 4) is 0 Å². The summed E-state index contributed by atoms with van der Waals surface area (Å²) in [5.41, 5.74) is 0. The molecule has 0 aromatic rings. The molecule has 0 amide bonds. The molecule has 0 aromatic carbocycles. The Labute approximate surface area is 109 Å². The van der Waals surface area contributed by atoms with E-state index in [1.807, 2.05) is 0 Å². The molecule has 5 atom stereocenters. The lowest BCUT2D eigenvalue weighted by molar-refractivity contribution is -0.131. The average Bonchev–Trinajstić information content (AvgIpc) is 3.02. The van der Waals surface area contributed by atoms with Crippen LogP contribution in [0.4, 0.5) is 0 Å². The van der Waals surface area contributed by atoms with E-state index in [4.69, 9.17) is 5.11 Å². The van der Waals surface area contributed by atoms with Crippen LogP contribution >= 0.6 is 0 Å². The minimum atomic E-state index is -0.891. The number of aliphatic hydroxyl groups excluding tert-OH is 1. The van der Waals surface area contributed by atoms with Crippen molar-refractivity contribution < 1.29 is 15.0 Å². The van der Waals surface area contributed by atoms with Crippen LogP contribution in [0.5, 0.6) is 0 Å². The Bertz CT molecular complexity index is 322. The molecule has 0 saturated heterocycles. The Morgan fingerprint density at radius 3 is 2.50 bits per heavy atom. The number of hydrogen-bond acceptors (Lipinski definition) is 2. The number of carboxylic acid groups (broad SMARTS) is 1. The van der Waals surface area contributed by atoms with Gasteiger partial charge in [-0.2, -0.15) is 0 Å². The number of aliphatic carboxylic acids is 1. The minimum Gasteiger partial charge on any atom is -0.478 e. The van der Waals surface area contributed by atoms with Crippen molar-refractivity contribution in [2.45, 2.75) is 39.0 Å². The molecule has 5 unspecified atom stereocenters. The normalized spacial score (nSPS) is 40.7. The topological polar surface area (TPSA) is 57.5 Å². The van der Waals surface area contributed by atoms with E-state index in [1.165, 1.54) is 38.2 Å². The third kappa shape index (κ3) is 2.61. The quantitative estimate of drug-likeness (QED) is 0.743. The highest BCUT2D eigenvalue weighted by Crippen LogP contribution is 2.60. The largest absolute Gasteiger partial charge is 0.478 e. The van der Waals surface area contributed by atoms with Gasteiger partial charge in [0.2, 0.25) is 0 Å². The van der Waals surface area contributed by atoms with Crippen molar-refractivity contribution in [1.82, 2.24) is 0 Å². The van der Waals surface area contributed by atoms with Gasteiger partial charge in [-0.1, -0.05) is 6.08 Å². The molecule has 3 nitrogen and oxygen atoms in total. The lowest BCUT2D eigenvalue weighted by atomic mass is 9.78. The van der Waals surface area contributed by atoms with Crippen LogP contribution in [0.15, 0.2) is 12.2 Å². The maximum atomic E-state index is 9.51. The number of carbonyl (C=O) groups is 1. The number of aliphatic hydroxyl groups is 1. The summed E-state index contributed by atoms with van der Waals surface area (Å²) in [6.45, 7) is 2.12. The van der Waals surface area contributed by atoms with Gasteiger partial charge in [0, 0.05) is 12.7 Å². The van der Waals surface area contributed by atoms with Gasteiger partial charge >= 0.3 is 5.97 Å². The lowest BCUT2D eigenvalue weighted by Gasteiger charge is -2.27. The second-order valence-electron chi connectivity index (χ2n) is 5.93. The zero-order valence-corrected chi connectivity index (χ0v) is 11.1. The molecular weight excluding hydrogens is 228 g/mol. The fraction of sp³-hybridized carbons (Fsp3) is 0.800. The number of hydrogen-bond donors (Lipinski definition) is 2. The number of carboxylic acids is 1. The first-order valence-corrected chi connectivity index (χ1v) is 7.13. The fourth-order valence-electron chi connectivity index (χ4n) is 4.57. The predicted molar refractivity (Wildman–Crippen MR) is 70.1 cm³/mol. The van der Waals surface area contributed by atoms with Crippen molar-refractivity contribution in [2.75, 3.05) is 6.61 Å². The molecule has 0 aliphatic heterocycles. The van der Waals surface area contributed by atoms with Gasteiger partial charge < -0.3 is 10.2 Å². The Hall–Kier alpha value is -0.830. The summed E-state index contributed by atoms with van der Waals surface area (Å²) in [4.78, 5) is 9.51. The van der Waals surface area contributed by atoms with Crippen LogP contribution in [0.1, 0.15) is 39.0 Å². The molecule has 0 heterocycles. The Balaban J connectivity index is 0.000000174. The van der Waals surface area contributed by atoms with Crippen LogP contribution in [0.25, 0.3) is 0 Å². The van der Waals surface area contributed by atoms with E-state index < -0.39 is 5.97 Å². The summed E-state index contributed by atoms with van der Waals surface area (Å²) in [5, 5.41) is 17.1. The molecule has 18 heavy (non-hydrogen) atoms. The third-order valence-electron chi connectivity index (χ3n) is 5.12. The van der Waals surface area contributed by atoms with E-state index in [1.54, 1.807) is 6.92 Å². The zero-order chi connectivity index (χ0) is 13.1. The molecule has 2 N–H and O–H groups in total. The van der Waals surface area contributed by atoms with Crippen molar-refractivity contribution >= 4 is 5.97 Å². The second-order valence-corrected chi connectivity index (χ2v) is 5.93. The lowest BCUT2D eigenvalue weighted by Crippen LogP contribution is -2.23. The summed E-state index contributed by atoms with van der Waals surface area (Å²) in [7, 11) is 0. The molecule has 3 aliphatic rings. The van der Waals surface area contributed by atoms with Crippen molar-refractivity contribution in [2.24, 2.45) is 29.6 Å². The highest BCUT2D eigenvalue weighted by atomic mass is 16.4. The van der Waals surface area contributed by atoms with Crippen LogP contribution in [0, 0.1) is 29.6 Å². The van der Waals surface area contributed by atoms with Gasteiger partial charge in [0.15, 0.2) is 0 Å². The first-order valence-electron chi connectivity index (χ1n) is 7.13. The predicted octanol–water partition coefficient (Wildman–Crippen LogP) is 2.70. The van der Waals surface area contributed by atoms with Gasteiger partial charge in [0.1, 0.15) is 0 Å². The molecule has 3 heteroatoms. The number of allylic oxidation sites excluding steroid dienone is 1. The van der Waals surface area contributed by atoms with Crippen molar-refractivity contribution in [3.63, 3.8) is 0 Å². The molecule has 3 aliphatic carbocycles. The highest BCUT2D eigenvalue weighted by molar-refractivity contribution is 5.79. The molecule has 0 radical (unpaired) electrons. The van der Waals surface area contributed by atoms with Crippen LogP contribution in [0.3, 0.4) is 0 Å². The minimum absolute atomic E-state index is 0.463. The number of fused-ring (bicyclic) bond motifs is 5. The molecule has 102 valence electrons. The summed E-state index contributed by atoms with van der Waals surface area (Å²) >= 11 is 0. The van der Waals surface area contributed by atoms with Gasteiger partial charge in [-0.15, -0.1) is 0 Å². The maximum absolute atomic E-state index is 9.51. The highest BCUT2D eigenvalue weighted by Gasteiger charge is 2.52. The van der Waals surface area contributed by atoms with Crippen LogP contribution < -0.4 is 0 Å². The first kappa shape index (κ1) is 13.6. The third-order valence-corrected chi connectivity index (χ3v) is 5.12. The van der Waals surface area contributed by atoms with Gasteiger partial charge in [-0.05, 0) is 68.6 Å². The van der Waals surface area contributed by atoms with Crippen LogP contribution in [-0.2, 0) is 4.79 Å². The Morgan fingerprint density at radius 2 is 1.94 bits per heavy atom. The molecule has 3 fully saturated rings. The van der Waals surface area contributed by atoms with E-state index in [0.29, 0.717) is 12.5 Å². The molecular formula is C15H24O3. The van der Waals surface area contributed by atoms with Crippen LogP contribution in [-0.4, -0.2) is 22.8 Å². The van der Waals surface area contributed by atoms with Crippen molar-refractivity contribution in [3.05, 3.63) is 12.2 Å². The van der Waals surface area contributed by atoms with E-state index >= 15 is 0 Å². The fourth-order valence-corrected chi connectivity index (χ4v) is 4.57. The molecule has 3 rings (SSSR count). The zero-order valence-electron chi connectivity index (χ0n) is 11.1. The summed E-state index contributed by atoms with van der Waals surface area (Å²) in [6, 6.07) is 0. The Kier molecular flexibility index (Phi) is 4.44. The summed E-state index contributed by atoms with van der Waals surface area (Å²) in [6.07, 6.45) is 9.79. The van der Waals surface area contributed by atoms with Crippen LogP contribution in [0.2, 0.25) is 0 Å². The van der Waals surface area contributed by atoms with E-state index in [0.717, 1.165) is 29.7 Å². The summed E-state index contributed by atoms with van der Waals surface area (Å²) < 4.78 is 0. The summed E-state index contributed by atoms with van der Waals surface area (Å²) in [5.74, 6) is 3.84. The SMILES string of the molecule is CC=CC(=O)O.OCC1CCC2C3CCC(C3)C12. The maximum Gasteiger partial charge on any atom is 0.327 e. The van der Waals surface area contributed by atoms with E-state index in [2.05, 4.69) is 0 Å². The molecule has 2 bridgehead atoms. The number of rotatable bonds is 2. The standard InChI is InChI=1S/C11H18O.C4H6O2/c12-6-9-3-4-10-7-1-2-8(5-7)11(9)10;1-2-3-4(5)6/h7-12H,1-6H2;2-3H,1H3,(H,5,6). The van der Waals surface area contributed by atoms with Gasteiger partial charge in [-0.25, -0.2) is 4.79 Å². The Morgan fingerprint density at radius 1 is 1.22 bits per heavy atom. The van der Waals surface area contributed by atoms with E-state index in [-0.39, 0.29) is 0 Å². The molecule has 0 aromatic heterocycles. The second kappa shape index (κ2) is 5.87. The van der Waals surface area contributed by atoms with Gasteiger partial charge in [0.05, 0.1) is 0 Å². The monoisotopic (exact) mass is 252 g/mol. The smallest absolute Gasteiger partial charge is 0.327 e. The van der Waals surface area contributed by atoms with Gasteiger partial charge in [-0.3, -0.25) is 0 Å².